The number of aromatic nitrogens is 1. The van der Waals surface area contributed by atoms with Gasteiger partial charge in [-0.25, -0.2) is 4.42 Å². The Morgan fingerprint density at radius 1 is 1.06 bits per heavy atom. The zero-order chi connectivity index (χ0) is 20.9. The number of ether oxygens (including phenoxy) is 1. The first-order valence-electron chi connectivity index (χ1n) is 10.6. The number of hydrogen-bond acceptors (Lipinski definition) is 4. The van der Waals surface area contributed by atoms with Gasteiger partial charge in [0.05, 0.1) is 11.7 Å². The molecule has 2 aliphatic heterocycles. The van der Waals surface area contributed by atoms with Crippen LogP contribution in [-0.2, 0) is 13.0 Å². The van der Waals surface area contributed by atoms with Gasteiger partial charge in [0, 0.05) is 41.7 Å². The van der Waals surface area contributed by atoms with Crippen molar-refractivity contribution in [2.24, 2.45) is 0 Å². The molecule has 156 valence electrons. The molecule has 0 saturated carbocycles. The van der Waals surface area contributed by atoms with Gasteiger partial charge in [0.25, 0.3) is 5.56 Å². The van der Waals surface area contributed by atoms with E-state index >= 15 is 0 Å². The summed E-state index contributed by atoms with van der Waals surface area (Å²) in [6.07, 6.45) is 4.75. The molecule has 31 heavy (non-hydrogen) atoms. The highest BCUT2D eigenvalue weighted by atomic mass is 35.5. The molecule has 0 radical (unpaired) electrons. The second kappa shape index (κ2) is 7.29. The number of hydrogen-bond donors (Lipinski definition) is 0. The lowest BCUT2D eigenvalue weighted by Crippen LogP contribution is -2.29. The molecule has 5 nitrogen and oxygen atoms in total. The van der Waals surface area contributed by atoms with Gasteiger partial charge in [-0.2, -0.15) is 0 Å². The third-order valence-electron chi connectivity index (χ3n) is 6.38. The van der Waals surface area contributed by atoms with Crippen LogP contribution in [0.15, 0.2) is 76.1 Å². The van der Waals surface area contributed by atoms with Crippen molar-refractivity contribution in [3.05, 3.63) is 94.1 Å². The van der Waals surface area contributed by atoms with Gasteiger partial charge in [-0.1, -0.05) is 30.3 Å². The second-order valence-corrected chi connectivity index (χ2v) is 8.65. The van der Waals surface area contributed by atoms with E-state index in [-0.39, 0.29) is 11.6 Å². The maximum atomic E-state index is 12.8. The van der Waals surface area contributed by atoms with Gasteiger partial charge in [0.1, 0.15) is 23.7 Å². The third-order valence-corrected chi connectivity index (χ3v) is 6.89. The minimum atomic E-state index is -0.146. The lowest BCUT2D eigenvalue weighted by Gasteiger charge is -2.27. The fourth-order valence-corrected chi connectivity index (χ4v) is 5.21. The Morgan fingerprint density at radius 3 is 2.77 bits per heavy atom. The molecule has 0 N–H and O–H groups in total. The molecule has 0 spiro atoms. The van der Waals surface area contributed by atoms with E-state index in [1.165, 1.54) is 11.6 Å². The molecule has 0 aliphatic carbocycles. The standard InChI is InChI=1S/C25H21ClN2O3/c26-28-18-7-9-21(28)25-20-8-6-17(12-22(20)31-23(25)13-18)27-11-10-19(14-24(27)29)30-15-16-4-2-1-3-5-16/h1-6,8,10-12,14,18,21H,7,9,13,15H2. The van der Waals surface area contributed by atoms with Crippen LogP contribution in [-0.4, -0.2) is 15.0 Å². The van der Waals surface area contributed by atoms with E-state index in [4.69, 9.17) is 20.9 Å². The SMILES string of the molecule is O=c1cc(OCc2ccccc2)ccn1-c1ccc2c3c(oc2c1)CC1CCC3N1Cl. The summed E-state index contributed by atoms with van der Waals surface area (Å²) in [5, 5.41) is 1.09. The van der Waals surface area contributed by atoms with Crippen LogP contribution in [0, 0.1) is 0 Å². The smallest absolute Gasteiger partial charge is 0.258 e. The summed E-state index contributed by atoms with van der Waals surface area (Å²) in [5.74, 6) is 1.59. The number of nitrogens with zero attached hydrogens (tertiary/aromatic N) is 2. The molecule has 2 aromatic carbocycles. The van der Waals surface area contributed by atoms with E-state index in [0.29, 0.717) is 18.4 Å². The van der Waals surface area contributed by atoms with Crippen LogP contribution in [0.3, 0.4) is 0 Å². The molecule has 6 rings (SSSR count). The molecule has 4 aromatic rings. The Labute approximate surface area is 184 Å². The largest absolute Gasteiger partial charge is 0.489 e. The van der Waals surface area contributed by atoms with Gasteiger partial charge in [0.2, 0.25) is 0 Å². The zero-order valence-corrected chi connectivity index (χ0v) is 17.6. The van der Waals surface area contributed by atoms with Crippen LogP contribution in [0.5, 0.6) is 5.75 Å². The third kappa shape index (κ3) is 3.16. The maximum absolute atomic E-state index is 12.8. The lowest BCUT2D eigenvalue weighted by molar-refractivity contribution is 0.302. The minimum Gasteiger partial charge on any atom is -0.489 e. The minimum absolute atomic E-state index is 0.146. The average Bonchev–Trinajstić information content (AvgIpc) is 3.26. The maximum Gasteiger partial charge on any atom is 0.258 e. The Balaban J connectivity index is 1.30. The number of furan rings is 1. The Morgan fingerprint density at radius 2 is 1.94 bits per heavy atom. The number of rotatable bonds is 4. The van der Waals surface area contributed by atoms with Crippen LogP contribution in [0.1, 0.15) is 35.8 Å². The molecule has 4 heterocycles. The Hall–Kier alpha value is -3.02. The first-order chi connectivity index (χ1) is 15.2. The Bertz CT molecular complexity index is 1330. The molecule has 0 amide bonds. The predicted octanol–water partition coefficient (Wildman–Crippen LogP) is 5.38. The van der Waals surface area contributed by atoms with Crippen LogP contribution in [0.2, 0.25) is 0 Å². The van der Waals surface area contributed by atoms with Gasteiger partial charge in [-0.15, -0.1) is 0 Å². The van der Waals surface area contributed by atoms with Crippen molar-refractivity contribution in [1.82, 2.24) is 8.99 Å². The van der Waals surface area contributed by atoms with Crippen molar-refractivity contribution in [1.29, 1.82) is 0 Å². The second-order valence-electron chi connectivity index (χ2n) is 8.26. The summed E-state index contributed by atoms with van der Waals surface area (Å²) < 4.78 is 15.6. The fourth-order valence-electron chi connectivity index (χ4n) is 4.85. The van der Waals surface area contributed by atoms with Gasteiger partial charge in [0.15, 0.2) is 0 Å². The summed E-state index contributed by atoms with van der Waals surface area (Å²) in [6, 6.07) is 19.7. The molecule has 1 fully saturated rings. The van der Waals surface area contributed by atoms with Crippen LogP contribution in [0.4, 0.5) is 0 Å². The summed E-state index contributed by atoms with van der Waals surface area (Å²) in [6.45, 7) is 0.425. The molecule has 2 aliphatic rings. The van der Waals surface area contributed by atoms with Crippen LogP contribution in [0.25, 0.3) is 16.7 Å². The predicted molar refractivity (Wildman–Crippen MR) is 120 cm³/mol. The summed E-state index contributed by atoms with van der Waals surface area (Å²) in [5.41, 5.74) is 3.69. The van der Waals surface area contributed by atoms with E-state index in [1.54, 1.807) is 10.8 Å². The van der Waals surface area contributed by atoms with Crippen molar-refractivity contribution < 1.29 is 9.15 Å². The van der Waals surface area contributed by atoms with Crippen LogP contribution >= 0.6 is 11.8 Å². The van der Waals surface area contributed by atoms with Gasteiger partial charge in [-0.3, -0.25) is 9.36 Å². The molecule has 2 atom stereocenters. The molecule has 2 aromatic heterocycles. The Kier molecular flexibility index (Phi) is 4.40. The van der Waals surface area contributed by atoms with E-state index in [2.05, 4.69) is 0 Å². The zero-order valence-electron chi connectivity index (χ0n) is 16.8. The number of benzene rings is 2. The number of fused-ring (bicyclic) bond motifs is 6. The summed E-state index contributed by atoms with van der Waals surface area (Å²) in [4.78, 5) is 12.8. The van der Waals surface area contributed by atoms with Crippen molar-refractivity contribution >= 4 is 22.7 Å². The van der Waals surface area contributed by atoms with E-state index in [9.17, 15) is 4.79 Å². The average molecular weight is 433 g/mol. The first-order valence-corrected chi connectivity index (χ1v) is 10.9. The number of pyridine rings is 1. The highest BCUT2D eigenvalue weighted by Gasteiger charge is 2.42. The van der Waals surface area contributed by atoms with Crippen molar-refractivity contribution in [2.75, 3.05) is 0 Å². The highest BCUT2D eigenvalue weighted by Crippen LogP contribution is 2.48. The quantitative estimate of drug-likeness (QED) is 0.406. The van der Waals surface area contributed by atoms with Gasteiger partial charge >= 0.3 is 0 Å². The molecule has 1 saturated heterocycles. The van der Waals surface area contributed by atoms with E-state index < -0.39 is 0 Å². The van der Waals surface area contributed by atoms with E-state index in [1.807, 2.05) is 59.0 Å². The summed E-state index contributed by atoms with van der Waals surface area (Å²) in [7, 11) is 0. The monoisotopic (exact) mass is 432 g/mol. The fraction of sp³-hybridized carbons (Fsp3) is 0.240. The van der Waals surface area contributed by atoms with E-state index in [0.717, 1.165) is 47.2 Å². The van der Waals surface area contributed by atoms with Crippen molar-refractivity contribution in [3.8, 4) is 11.4 Å². The number of halogens is 1. The molecule has 6 heteroatoms. The summed E-state index contributed by atoms with van der Waals surface area (Å²) >= 11 is 6.53. The van der Waals surface area contributed by atoms with Crippen molar-refractivity contribution in [2.45, 2.75) is 38.0 Å². The lowest BCUT2D eigenvalue weighted by atomic mass is 9.99. The molecule has 2 bridgehead atoms. The molecule has 2 unspecified atom stereocenters. The van der Waals surface area contributed by atoms with Crippen LogP contribution < -0.4 is 10.3 Å². The molecular weight excluding hydrogens is 412 g/mol. The molecular formula is C25H21ClN2O3. The topological polar surface area (TPSA) is 47.6 Å². The van der Waals surface area contributed by atoms with Gasteiger partial charge in [-0.05, 0) is 48.4 Å². The van der Waals surface area contributed by atoms with Gasteiger partial charge < -0.3 is 9.15 Å². The normalized spacial score (nSPS) is 20.2. The first kappa shape index (κ1) is 18.7. The van der Waals surface area contributed by atoms with Crippen molar-refractivity contribution in [3.63, 3.8) is 0 Å². The highest BCUT2D eigenvalue weighted by molar-refractivity contribution is 6.14.